The van der Waals surface area contributed by atoms with Crippen molar-refractivity contribution >= 4 is 39.0 Å². The first-order chi connectivity index (χ1) is 12.9. The number of likely N-dealkylation sites (tertiary alicyclic amines) is 1. The van der Waals surface area contributed by atoms with E-state index in [1.54, 1.807) is 0 Å². The number of carbonyl (C=O) groups excluding carboxylic acids is 1. The number of nitrogens with zero attached hydrogens (tertiary/aromatic N) is 2. The van der Waals surface area contributed by atoms with E-state index in [0.717, 1.165) is 39.2 Å². The van der Waals surface area contributed by atoms with Crippen molar-refractivity contribution in [3.63, 3.8) is 0 Å². The van der Waals surface area contributed by atoms with Crippen molar-refractivity contribution < 1.29 is 9.44 Å². The zero-order valence-corrected chi connectivity index (χ0v) is 17.4. The zero-order valence-electron chi connectivity index (χ0n) is 15.1. The molecule has 0 N–H and O–H groups in total. The lowest BCUT2D eigenvalue weighted by Crippen LogP contribution is -2.50. The summed E-state index contributed by atoms with van der Waals surface area (Å²) < 4.78 is 0.232. The lowest BCUT2D eigenvalue weighted by Gasteiger charge is -2.43. The minimum atomic E-state index is -0.731. The van der Waals surface area contributed by atoms with E-state index in [9.17, 15) is 10.0 Å². The van der Waals surface area contributed by atoms with Gasteiger partial charge in [-0.05, 0) is 69.2 Å². The Morgan fingerprint density at radius 2 is 1.85 bits per heavy atom. The number of aromatic nitrogens is 1. The summed E-state index contributed by atoms with van der Waals surface area (Å²) in [6.45, 7) is 1.98. The minimum absolute atomic E-state index is 0.295. The van der Waals surface area contributed by atoms with Crippen molar-refractivity contribution in [2.45, 2.75) is 32.6 Å². The second-order valence-corrected chi connectivity index (χ2v) is 8.65. The van der Waals surface area contributed by atoms with E-state index in [-0.39, 0.29) is 5.91 Å². The van der Waals surface area contributed by atoms with Crippen LogP contribution in [-0.4, -0.2) is 28.6 Å². The first kappa shape index (κ1) is 18.8. The molecule has 1 saturated heterocycles. The fourth-order valence-corrected chi connectivity index (χ4v) is 4.67. The third-order valence-electron chi connectivity index (χ3n) is 5.65. The molecule has 2 aromatic rings. The van der Waals surface area contributed by atoms with E-state index in [1.807, 2.05) is 18.3 Å². The summed E-state index contributed by atoms with van der Waals surface area (Å²) in [5.74, 6) is -0.311. The molecular weight excluding hydrogens is 428 g/mol. The molecule has 4 nitrogen and oxygen atoms in total. The number of hydrogen-bond acceptors (Lipinski definition) is 3. The fourth-order valence-electron chi connectivity index (χ4n) is 4.10. The number of rotatable bonds is 0. The topological polar surface area (TPSA) is 53.0 Å². The summed E-state index contributed by atoms with van der Waals surface area (Å²) in [7, 11) is 0. The lowest BCUT2D eigenvalue weighted by atomic mass is 9.88. The first-order valence-corrected chi connectivity index (χ1v) is 10.3. The van der Waals surface area contributed by atoms with Crippen molar-refractivity contribution in [1.82, 2.24) is 4.98 Å². The predicted octanol–water partition coefficient (Wildman–Crippen LogP) is 5.05. The van der Waals surface area contributed by atoms with Crippen LogP contribution in [0.2, 0.25) is 5.02 Å². The number of hydrogen-bond donors (Lipinski definition) is 0. The molecule has 1 aromatic carbocycles. The standard InChI is InChI=1S/C21H20BrClN2O2/c1-13(26)25(27)8-6-14(7-9-25)20-19-5-4-18(23)11-15(19)2-3-16-10-17(22)12-24-21(16)20/h4-5,10-12H,2-3,6-9H2,1H3. The van der Waals surface area contributed by atoms with Crippen molar-refractivity contribution in [3.8, 4) is 0 Å². The van der Waals surface area contributed by atoms with Crippen molar-refractivity contribution in [1.29, 1.82) is 0 Å². The van der Waals surface area contributed by atoms with Crippen LogP contribution in [0.5, 0.6) is 0 Å². The van der Waals surface area contributed by atoms with E-state index in [0.29, 0.717) is 25.9 Å². The van der Waals surface area contributed by atoms with Gasteiger partial charge in [-0.3, -0.25) is 9.63 Å². The van der Waals surface area contributed by atoms with Crippen LogP contribution in [-0.2, 0) is 17.6 Å². The van der Waals surface area contributed by atoms with Crippen LogP contribution in [0.1, 0.15) is 42.1 Å². The molecule has 2 aliphatic rings. The van der Waals surface area contributed by atoms with Gasteiger partial charge >= 0.3 is 5.91 Å². The Kier molecular flexibility index (Phi) is 4.97. The van der Waals surface area contributed by atoms with Gasteiger partial charge in [-0.1, -0.05) is 17.7 Å². The minimum Gasteiger partial charge on any atom is -0.625 e. The molecule has 6 heteroatoms. The Bertz CT molecular complexity index is 905. The second-order valence-electron chi connectivity index (χ2n) is 7.30. The molecule has 1 aromatic heterocycles. The summed E-state index contributed by atoms with van der Waals surface area (Å²) in [5, 5.41) is 13.4. The van der Waals surface area contributed by atoms with Crippen LogP contribution in [0.25, 0.3) is 5.57 Å². The maximum absolute atomic E-state index is 12.6. The third-order valence-corrected chi connectivity index (χ3v) is 6.32. The summed E-state index contributed by atoms with van der Waals surface area (Å²) >= 11 is 9.78. The normalized spacial score (nSPS) is 22.1. The molecule has 0 atom stereocenters. The van der Waals surface area contributed by atoms with Crippen LogP contribution in [0.3, 0.4) is 0 Å². The van der Waals surface area contributed by atoms with E-state index in [2.05, 4.69) is 28.1 Å². The van der Waals surface area contributed by atoms with Gasteiger partial charge in [-0.15, -0.1) is 0 Å². The van der Waals surface area contributed by atoms with Gasteiger partial charge < -0.3 is 5.21 Å². The first-order valence-electron chi connectivity index (χ1n) is 9.12. The summed E-state index contributed by atoms with van der Waals surface area (Å²) in [6.07, 6.45) is 4.83. The van der Waals surface area contributed by atoms with Crippen molar-refractivity contribution in [3.05, 3.63) is 73.1 Å². The smallest absolute Gasteiger partial charge is 0.310 e. The molecule has 27 heavy (non-hydrogen) atoms. The number of piperidine rings is 1. The number of aryl methyl sites for hydroxylation is 2. The molecule has 1 aliphatic carbocycles. The molecule has 1 aliphatic heterocycles. The van der Waals surface area contributed by atoms with E-state index in [1.165, 1.54) is 23.6 Å². The van der Waals surface area contributed by atoms with Gasteiger partial charge in [-0.25, -0.2) is 4.79 Å². The largest absolute Gasteiger partial charge is 0.625 e. The number of halogens is 2. The SMILES string of the molecule is CC(=O)[N+]1([O-])CCC(=C2c3ccc(Cl)cc3CCc3cc(Br)cnc32)CC1. The van der Waals surface area contributed by atoms with Gasteiger partial charge in [0.15, 0.2) is 0 Å². The Morgan fingerprint density at radius 1 is 1.15 bits per heavy atom. The highest BCUT2D eigenvalue weighted by molar-refractivity contribution is 9.10. The number of benzene rings is 1. The number of carbonyl (C=O) groups is 1. The number of fused-ring (bicyclic) bond motifs is 2. The average Bonchev–Trinajstić information content (AvgIpc) is 2.79. The Morgan fingerprint density at radius 3 is 2.56 bits per heavy atom. The highest BCUT2D eigenvalue weighted by Gasteiger charge is 2.31. The van der Waals surface area contributed by atoms with Gasteiger partial charge in [0.1, 0.15) is 0 Å². The van der Waals surface area contributed by atoms with Gasteiger partial charge in [0, 0.05) is 34.1 Å². The summed E-state index contributed by atoms with van der Waals surface area (Å²) in [4.78, 5) is 16.5. The lowest BCUT2D eigenvalue weighted by molar-refractivity contribution is -0.806. The molecule has 0 unspecified atom stereocenters. The Balaban J connectivity index is 1.87. The highest BCUT2D eigenvalue weighted by Crippen LogP contribution is 2.39. The molecule has 4 rings (SSSR count). The molecule has 1 amide bonds. The quantitative estimate of drug-likeness (QED) is 0.419. The molecular formula is C21H20BrClN2O2. The van der Waals surface area contributed by atoms with Crippen molar-refractivity contribution in [2.75, 3.05) is 13.1 Å². The summed E-state index contributed by atoms with van der Waals surface area (Å²) in [5.41, 5.74) is 6.87. The molecule has 0 radical (unpaired) electrons. The van der Waals surface area contributed by atoms with Crippen LogP contribution in [0.15, 0.2) is 40.5 Å². The van der Waals surface area contributed by atoms with E-state index in [4.69, 9.17) is 16.6 Å². The Hall–Kier alpha value is -1.53. The van der Waals surface area contributed by atoms with Gasteiger partial charge in [0.2, 0.25) is 0 Å². The predicted molar refractivity (Wildman–Crippen MR) is 110 cm³/mol. The number of pyridine rings is 1. The maximum atomic E-state index is 12.6. The fraction of sp³-hybridized carbons (Fsp3) is 0.333. The second kappa shape index (κ2) is 7.13. The molecule has 0 saturated carbocycles. The molecule has 0 bridgehead atoms. The van der Waals surface area contributed by atoms with Crippen molar-refractivity contribution in [2.24, 2.45) is 0 Å². The molecule has 140 valence electrons. The van der Waals surface area contributed by atoms with Crippen LogP contribution in [0, 0.1) is 5.21 Å². The number of quaternary nitrogens is 1. The van der Waals surface area contributed by atoms with Crippen LogP contribution < -0.4 is 0 Å². The van der Waals surface area contributed by atoms with Crippen LogP contribution >= 0.6 is 27.5 Å². The molecule has 2 heterocycles. The number of hydroxylamine groups is 3. The molecule has 1 fully saturated rings. The van der Waals surface area contributed by atoms with E-state index < -0.39 is 4.65 Å². The number of amides is 1. The zero-order chi connectivity index (χ0) is 19.2. The maximum Gasteiger partial charge on any atom is 0.310 e. The highest BCUT2D eigenvalue weighted by atomic mass is 79.9. The Labute approximate surface area is 172 Å². The summed E-state index contributed by atoms with van der Waals surface area (Å²) in [6, 6.07) is 8.14. The monoisotopic (exact) mass is 446 g/mol. The van der Waals surface area contributed by atoms with Gasteiger partial charge in [0.05, 0.1) is 25.7 Å². The van der Waals surface area contributed by atoms with Gasteiger partial charge in [0.25, 0.3) is 0 Å². The molecule has 0 spiro atoms. The average molecular weight is 448 g/mol. The van der Waals surface area contributed by atoms with Gasteiger partial charge in [-0.2, -0.15) is 0 Å². The third kappa shape index (κ3) is 3.49. The van der Waals surface area contributed by atoms with E-state index >= 15 is 0 Å². The van der Waals surface area contributed by atoms with Crippen LogP contribution in [0.4, 0.5) is 0 Å².